The summed E-state index contributed by atoms with van der Waals surface area (Å²) in [6.45, 7) is 3.95. The Kier molecular flexibility index (Phi) is 5.50. The lowest BCUT2D eigenvalue weighted by molar-refractivity contribution is -0.146. The van der Waals surface area contributed by atoms with Gasteiger partial charge in [-0.05, 0) is 25.1 Å². The Hall–Kier alpha value is -2.90. The fourth-order valence-corrected chi connectivity index (χ4v) is 3.01. The second kappa shape index (κ2) is 7.99. The van der Waals surface area contributed by atoms with Crippen molar-refractivity contribution in [2.45, 2.75) is 19.8 Å². The third kappa shape index (κ3) is 4.01. The number of hydrogen-bond acceptors (Lipinski definition) is 5. The average molecular weight is 358 g/mol. The summed E-state index contributed by atoms with van der Waals surface area (Å²) in [6.07, 6.45) is 1.83. The molecule has 8 nitrogen and oxygen atoms in total. The van der Waals surface area contributed by atoms with E-state index < -0.39 is 0 Å². The van der Waals surface area contributed by atoms with Gasteiger partial charge in [0, 0.05) is 38.2 Å². The maximum atomic E-state index is 12.7. The fraction of sp³-hybridized carbons (Fsp3) is 0.444. The molecule has 2 amide bonds. The van der Waals surface area contributed by atoms with Crippen LogP contribution in [0, 0.1) is 0 Å². The van der Waals surface area contributed by atoms with Crippen LogP contribution in [0.3, 0.4) is 0 Å². The molecular formula is C18H22N4O4. The molecular weight excluding hydrogens is 336 g/mol. The predicted octanol–water partition coefficient (Wildman–Crippen LogP) is 1.19. The first-order valence-corrected chi connectivity index (χ1v) is 8.74. The van der Waals surface area contributed by atoms with Crippen LogP contribution in [0.4, 0.5) is 0 Å². The van der Waals surface area contributed by atoms with Gasteiger partial charge in [0.05, 0.1) is 30.4 Å². The molecule has 26 heavy (non-hydrogen) atoms. The van der Waals surface area contributed by atoms with Crippen LogP contribution < -0.4 is 0 Å². The predicted molar refractivity (Wildman–Crippen MR) is 94.4 cm³/mol. The van der Waals surface area contributed by atoms with Crippen molar-refractivity contribution in [2.75, 3.05) is 32.8 Å². The average Bonchev–Trinajstić information content (AvgIpc) is 3.13. The number of amides is 2. The normalized spacial score (nSPS) is 14.5. The van der Waals surface area contributed by atoms with Gasteiger partial charge < -0.3 is 19.5 Å². The fourth-order valence-electron chi connectivity index (χ4n) is 3.01. The number of nitrogens with one attached hydrogen (secondary N) is 1. The second-order valence-electron chi connectivity index (χ2n) is 6.11. The summed E-state index contributed by atoms with van der Waals surface area (Å²) >= 11 is 0. The molecule has 0 bridgehead atoms. The summed E-state index contributed by atoms with van der Waals surface area (Å²) in [6, 6.07) is 5.37. The van der Waals surface area contributed by atoms with E-state index in [2.05, 4.69) is 9.97 Å². The van der Waals surface area contributed by atoms with E-state index in [1.54, 1.807) is 35.2 Å². The van der Waals surface area contributed by atoms with E-state index in [0.29, 0.717) is 38.3 Å². The molecule has 1 fully saturated rings. The zero-order valence-electron chi connectivity index (χ0n) is 14.7. The Morgan fingerprint density at radius 1 is 1.12 bits per heavy atom. The lowest BCUT2D eigenvalue weighted by Crippen LogP contribution is -2.50. The molecule has 0 radical (unpaired) electrons. The number of nitrogens with zero attached hydrogens (tertiary/aromatic N) is 3. The monoisotopic (exact) mass is 358 g/mol. The van der Waals surface area contributed by atoms with Crippen molar-refractivity contribution in [2.24, 2.45) is 0 Å². The first-order chi connectivity index (χ1) is 12.6. The minimum atomic E-state index is -0.358. The molecule has 138 valence electrons. The molecule has 0 atom stereocenters. The van der Waals surface area contributed by atoms with E-state index in [-0.39, 0.29) is 30.6 Å². The first-order valence-electron chi connectivity index (χ1n) is 8.74. The van der Waals surface area contributed by atoms with Crippen LogP contribution in [-0.4, -0.2) is 70.3 Å². The molecule has 2 aromatic rings. The van der Waals surface area contributed by atoms with E-state index >= 15 is 0 Å². The molecule has 1 aromatic heterocycles. The van der Waals surface area contributed by atoms with Crippen LogP contribution in [0.15, 0.2) is 24.5 Å². The highest BCUT2D eigenvalue weighted by atomic mass is 16.5. The summed E-state index contributed by atoms with van der Waals surface area (Å²) in [5.74, 6) is -0.493. The first kappa shape index (κ1) is 17.9. The number of esters is 1. The Morgan fingerprint density at radius 2 is 1.85 bits per heavy atom. The standard InChI is InChI=1S/C18H22N4O4/c1-2-26-17(24)6-5-16(23)21-7-9-22(10-8-21)18(25)13-3-4-14-15(11-13)20-12-19-14/h3-4,11-12H,2,5-10H2,1H3,(H,19,20). The second-order valence-corrected chi connectivity index (χ2v) is 6.11. The number of carbonyl (C=O) groups excluding carboxylic acids is 3. The van der Waals surface area contributed by atoms with Crippen LogP contribution in [-0.2, 0) is 14.3 Å². The van der Waals surface area contributed by atoms with Crippen molar-refractivity contribution < 1.29 is 19.1 Å². The molecule has 8 heteroatoms. The van der Waals surface area contributed by atoms with Crippen LogP contribution >= 0.6 is 0 Å². The topological polar surface area (TPSA) is 95.6 Å². The van der Waals surface area contributed by atoms with Gasteiger partial charge in [-0.2, -0.15) is 0 Å². The zero-order valence-corrected chi connectivity index (χ0v) is 14.7. The van der Waals surface area contributed by atoms with Gasteiger partial charge in [0.2, 0.25) is 5.91 Å². The molecule has 0 unspecified atom stereocenters. The van der Waals surface area contributed by atoms with Crippen LogP contribution in [0.1, 0.15) is 30.1 Å². The largest absolute Gasteiger partial charge is 0.466 e. The van der Waals surface area contributed by atoms with Gasteiger partial charge in [0.15, 0.2) is 0 Å². The van der Waals surface area contributed by atoms with E-state index in [1.165, 1.54) is 0 Å². The Morgan fingerprint density at radius 3 is 2.58 bits per heavy atom. The third-order valence-corrected chi connectivity index (χ3v) is 4.44. The number of fused-ring (bicyclic) bond motifs is 1. The molecule has 1 aliphatic heterocycles. The Labute approximate surface area is 151 Å². The van der Waals surface area contributed by atoms with E-state index in [4.69, 9.17) is 4.74 Å². The number of imidazole rings is 1. The molecule has 3 rings (SSSR count). The Bertz CT molecular complexity index is 808. The number of carbonyl (C=O) groups is 3. The number of hydrogen-bond donors (Lipinski definition) is 1. The minimum Gasteiger partial charge on any atom is -0.466 e. The zero-order chi connectivity index (χ0) is 18.5. The summed E-state index contributed by atoms with van der Waals surface area (Å²) < 4.78 is 4.83. The minimum absolute atomic E-state index is 0.0554. The highest BCUT2D eigenvalue weighted by molar-refractivity contribution is 5.97. The van der Waals surface area contributed by atoms with E-state index in [9.17, 15) is 14.4 Å². The molecule has 1 saturated heterocycles. The van der Waals surface area contributed by atoms with E-state index in [1.807, 2.05) is 6.07 Å². The van der Waals surface area contributed by atoms with Crippen LogP contribution in [0.25, 0.3) is 11.0 Å². The molecule has 0 aliphatic carbocycles. The number of piperazine rings is 1. The summed E-state index contributed by atoms with van der Waals surface area (Å²) in [5, 5.41) is 0. The number of rotatable bonds is 5. The van der Waals surface area contributed by atoms with Crippen molar-refractivity contribution in [1.29, 1.82) is 0 Å². The van der Waals surface area contributed by atoms with Crippen LogP contribution in [0.5, 0.6) is 0 Å². The van der Waals surface area contributed by atoms with Crippen molar-refractivity contribution >= 4 is 28.8 Å². The molecule has 1 aromatic carbocycles. The molecule has 0 spiro atoms. The SMILES string of the molecule is CCOC(=O)CCC(=O)N1CCN(C(=O)c2ccc3nc[nH]c3c2)CC1. The van der Waals surface area contributed by atoms with Gasteiger partial charge in [0.25, 0.3) is 5.91 Å². The van der Waals surface area contributed by atoms with Gasteiger partial charge in [-0.25, -0.2) is 4.98 Å². The summed E-state index contributed by atoms with van der Waals surface area (Å²) in [5.41, 5.74) is 2.24. The molecule has 2 heterocycles. The van der Waals surface area contributed by atoms with Crippen molar-refractivity contribution in [3.8, 4) is 0 Å². The highest BCUT2D eigenvalue weighted by Gasteiger charge is 2.25. The number of benzene rings is 1. The molecule has 0 saturated carbocycles. The van der Waals surface area contributed by atoms with Crippen molar-refractivity contribution in [1.82, 2.24) is 19.8 Å². The van der Waals surface area contributed by atoms with Crippen molar-refractivity contribution in [3.63, 3.8) is 0 Å². The maximum Gasteiger partial charge on any atom is 0.306 e. The quantitative estimate of drug-likeness (QED) is 0.810. The van der Waals surface area contributed by atoms with Gasteiger partial charge in [-0.1, -0.05) is 0 Å². The highest BCUT2D eigenvalue weighted by Crippen LogP contribution is 2.15. The maximum absolute atomic E-state index is 12.7. The third-order valence-electron chi connectivity index (χ3n) is 4.44. The van der Waals surface area contributed by atoms with Crippen molar-refractivity contribution in [3.05, 3.63) is 30.1 Å². The number of aromatic amines is 1. The number of H-pyrrole nitrogens is 1. The van der Waals surface area contributed by atoms with Gasteiger partial charge >= 0.3 is 5.97 Å². The number of ether oxygens (including phenoxy) is 1. The van der Waals surface area contributed by atoms with Gasteiger partial charge in [-0.3, -0.25) is 14.4 Å². The smallest absolute Gasteiger partial charge is 0.306 e. The van der Waals surface area contributed by atoms with Gasteiger partial charge in [-0.15, -0.1) is 0 Å². The molecule has 1 aliphatic rings. The molecule has 1 N–H and O–H groups in total. The number of aromatic nitrogens is 2. The Balaban J connectivity index is 1.52. The van der Waals surface area contributed by atoms with Crippen LogP contribution in [0.2, 0.25) is 0 Å². The van der Waals surface area contributed by atoms with Gasteiger partial charge in [0.1, 0.15) is 0 Å². The van der Waals surface area contributed by atoms with E-state index in [0.717, 1.165) is 11.0 Å². The lowest BCUT2D eigenvalue weighted by Gasteiger charge is -2.34. The summed E-state index contributed by atoms with van der Waals surface area (Å²) in [7, 11) is 0. The summed E-state index contributed by atoms with van der Waals surface area (Å²) in [4.78, 5) is 46.8. The lowest BCUT2D eigenvalue weighted by atomic mass is 10.1.